The fourth-order valence-electron chi connectivity index (χ4n) is 1.40. The number of para-hydroxylation sites is 1. The van der Waals surface area contributed by atoms with Crippen molar-refractivity contribution in [1.29, 1.82) is 0 Å². The van der Waals surface area contributed by atoms with E-state index in [1.54, 1.807) is 0 Å². The molecule has 0 saturated carbocycles. The topological polar surface area (TPSA) is 9.23 Å². The van der Waals surface area contributed by atoms with E-state index in [1.807, 2.05) is 18.2 Å². The van der Waals surface area contributed by atoms with E-state index in [0.29, 0.717) is 5.92 Å². The number of thiol groups is 1. The molecule has 15 heavy (non-hydrogen) atoms. The first-order valence-corrected chi connectivity index (χ1v) is 6.97. The molecule has 1 atom stereocenters. The van der Waals surface area contributed by atoms with Crippen LogP contribution in [0.4, 0.5) is 0 Å². The molecule has 3 heteroatoms. The zero-order valence-electron chi connectivity index (χ0n) is 8.95. The van der Waals surface area contributed by atoms with Crippen LogP contribution in [0.5, 0.6) is 5.75 Å². The molecule has 1 nitrogen and oxygen atoms in total. The molecular formula is C12H17IOS. The molecule has 0 N–H and O–H groups in total. The lowest BCUT2D eigenvalue weighted by molar-refractivity contribution is 0.253. The Hall–Kier alpha value is 0.100. The standard InChI is InChI=1S/C12H17IOS/c1-2-5-10(9-15)8-14-12-7-4-3-6-11(12)13/h3-4,6-7,10,15H,2,5,8-9H2,1H3. The van der Waals surface area contributed by atoms with Gasteiger partial charge in [0.2, 0.25) is 0 Å². The van der Waals surface area contributed by atoms with Crippen LogP contribution in [-0.2, 0) is 0 Å². The quantitative estimate of drug-likeness (QED) is 0.610. The highest BCUT2D eigenvalue weighted by Crippen LogP contribution is 2.21. The Labute approximate surface area is 111 Å². The molecule has 1 aromatic rings. The zero-order chi connectivity index (χ0) is 11.1. The average molecular weight is 336 g/mol. The number of rotatable bonds is 6. The van der Waals surface area contributed by atoms with E-state index in [2.05, 4.69) is 48.2 Å². The maximum Gasteiger partial charge on any atom is 0.132 e. The van der Waals surface area contributed by atoms with Crippen molar-refractivity contribution in [1.82, 2.24) is 0 Å². The Bertz CT molecular complexity index is 291. The highest BCUT2D eigenvalue weighted by Gasteiger charge is 2.07. The molecule has 0 fully saturated rings. The van der Waals surface area contributed by atoms with Gasteiger partial charge in [-0.05, 0) is 46.9 Å². The summed E-state index contributed by atoms with van der Waals surface area (Å²) in [6.45, 7) is 2.97. The van der Waals surface area contributed by atoms with Crippen LogP contribution in [0.1, 0.15) is 19.8 Å². The second-order valence-electron chi connectivity index (χ2n) is 3.58. The lowest BCUT2D eigenvalue weighted by atomic mass is 10.1. The number of halogens is 1. The van der Waals surface area contributed by atoms with Crippen LogP contribution in [0.3, 0.4) is 0 Å². The van der Waals surface area contributed by atoms with Crippen molar-refractivity contribution in [3.05, 3.63) is 27.8 Å². The first-order valence-electron chi connectivity index (χ1n) is 5.26. The molecule has 0 heterocycles. The van der Waals surface area contributed by atoms with E-state index in [0.717, 1.165) is 18.1 Å². The number of ether oxygens (including phenoxy) is 1. The Morgan fingerprint density at radius 1 is 1.40 bits per heavy atom. The van der Waals surface area contributed by atoms with Crippen LogP contribution in [0.2, 0.25) is 0 Å². The normalized spacial score (nSPS) is 12.5. The van der Waals surface area contributed by atoms with Gasteiger partial charge >= 0.3 is 0 Å². The average Bonchev–Trinajstić information content (AvgIpc) is 2.26. The Balaban J connectivity index is 2.45. The SMILES string of the molecule is CCCC(CS)COc1ccccc1I. The zero-order valence-corrected chi connectivity index (χ0v) is 12.0. The van der Waals surface area contributed by atoms with Crippen molar-refractivity contribution in [3.63, 3.8) is 0 Å². The van der Waals surface area contributed by atoms with Gasteiger partial charge in [0.1, 0.15) is 5.75 Å². The largest absolute Gasteiger partial charge is 0.492 e. The molecule has 0 bridgehead atoms. The molecule has 0 amide bonds. The fourth-order valence-corrected chi connectivity index (χ4v) is 2.24. The molecule has 0 spiro atoms. The fraction of sp³-hybridized carbons (Fsp3) is 0.500. The third-order valence-corrected chi connectivity index (χ3v) is 3.67. The highest BCUT2D eigenvalue weighted by molar-refractivity contribution is 14.1. The summed E-state index contributed by atoms with van der Waals surface area (Å²) >= 11 is 6.64. The van der Waals surface area contributed by atoms with Crippen LogP contribution in [0.25, 0.3) is 0 Å². The third kappa shape index (κ3) is 4.64. The Kier molecular flexibility index (Phi) is 6.48. The molecule has 0 saturated heterocycles. The minimum Gasteiger partial charge on any atom is -0.492 e. The van der Waals surface area contributed by atoms with Gasteiger partial charge < -0.3 is 4.74 Å². The molecule has 0 aliphatic carbocycles. The molecule has 84 valence electrons. The minimum atomic E-state index is 0.564. The van der Waals surface area contributed by atoms with Gasteiger partial charge in [-0.2, -0.15) is 12.6 Å². The van der Waals surface area contributed by atoms with Crippen molar-refractivity contribution in [2.45, 2.75) is 19.8 Å². The van der Waals surface area contributed by atoms with E-state index in [4.69, 9.17) is 4.74 Å². The van der Waals surface area contributed by atoms with E-state index in [-0.39, 0.29) is 0 Å². The summed E-state index contributed by atoms with van der Waals surface area (Å²) in [6, 6.07) is 8.11. The van der Waals surface area contributed by atoms with Crippen molar-refractivity contribution in [2.75, 3.05) is 12.4 Å². The Morgan fingerprint density at radius 2 is 2.13 bits per heavy atom. The van der Waals surface area contributed by atoms with Crippen molar-refractivity contribution >= 4 is 35.2 Å². The van der Waals surface area contributed by atoms with Gasteiger partial charge in [0.15, 0.2) is 0 Å². The molecule has 1 aromatic carbocycles. The minimum absolute atomic E-state index is 0.564. The number of hydrogen-bond acceptors (Lipinski definition) is 2. The smallest absolute Gasteiger partial charge is 0.132 e. The van der Waals surface area contributed by atoms with E-state index >= 15 is 0 Å². The van der Waals surface area contributed by atoms with Gasteiger partial charge in [-0.3, -0.25) is 0 Å². The summed E-state index contributed by atoms with van der Waals surface area (Å²) in [4.78, 5) is 0. The van der Waals surface area contributed by atoms with Crippen LogP contribution >= 0.6 is 35.2 Å². The second kappa shape index (κ2) is 7.39. The molecule has 1 rings (SSSR count). The van der Waals surface area contributed by atoms with Crippen LogP contribution in [0.15, 0.2) is 24.3 Å². The summed E-state index contributed by atoms with van der Waals surface area (Å²) in [5.74, 6) is 2.45. The van der Waals surface area contributed by atoms with Crippen molar-refractivity contribution in [2.24, 2.45) is 5.92 Å². The lowest BCUT2D eigenvalue weighted by Crippen LogP contribution is -2.13. The van der Waals surface area contributed by atoms with Gasteiger partial charge in [0, 0.05) is 5.92 Å². The van der Waals surface area contributed by atoms with Crippen LogP contribution < -0.4 is 4.74 Å². The van der Waals surface area contributed by atoms with Gasteiger partial charge in [-0.1, -0.05) is 25.5 Å². The first-order chi connectivity index (χ1) is 7.27. The molecule has 0 aliphatic heterocycles. The molecule has 0 aliphatic rings. The summed E-state index contributed by atoms with van der Waals surface area (Å²) in [5.41, 5.74) is 0. The Morgan fingerprint density at radius 3 is 2.73 bits per heavy atom. The highest BCUT2D eigenvalue weighted by atomic mass is 127. The first kappa shape index (κ1) is 13.2. The summed E-state index contributed by atoms with van der Waals surface area (Å²) in [6.07, 6.45) is 2.38. The van der Waals surface area contributed by atoms with Crippen LogP contribution in [0, 0.1) is 9.49 Å². The second-order valence-corrected chi connectivity index (χ2v) is 5.11. The van der Waals surface area contributed by atoms with Gasteiger partial charge in [0.25, 0.3) is 0 Å². The van der Waals surface area contributed by atoms with Crippen molar-refractivity contribution < 1.29 is 4.74 Å². The molecule has 0 aromatic heterocycles. The maximum atomic E-state index is 5.79. The predicted octanol–water partition coefficient (Wildman–Crippen LogP) is 4.02. The molecular weight excluding hydrogens is 319 g/mol. The summed E-state index contributed by atoms with van der Waals surface area (Å²) in [5, 5.41) is 0. The van der Waals surface area contributed by atoms with Gasteiger partial charge in [-0.15, -0.1) is 0 Å². The number of benzene rings is 1. The predicted molar refractivity (Wildman–Crippen MR) is 76.9 cm³/mol. The monoisotopic (exact) mass is 336 g/mol. The van der Waals surface area contributed by atoms with Crippen molar-refractivity contribution in [3.8, 4) is 5.75 Å². The summed E-state index contributed by atoms with van der Waals surface area (Å²) < 4.78 is 6.96. The molecule has 0 radical (unpaired) electrons. The number of hydrogen-bond donors (Lipinski definition) is 1. The molecule has 1 unspecified atom stereocenters. The summed E-state index contributed by atoms with van der Waals surface area (Å²) in [7, 11) is 0. The van der Waals surface area contributed by atoms with Gasteiger partial charge in [0.05, 0.1) is 10.2 Å². The lowest BCUT2D eigenvalue weighted by Gasteiger charge is -2.15. The van der Waals surface area contributed by atoms with Crippen LogP contribution in [-0.4, -0.2) is 12.4 Å². The van der Waals surface area contributed by atoms with E-state index < -0.39 is 0 Å². The van der Waals surface area contributed by atoms with E-state index in [9.17, 15) is 0 Å². The maximum absolute atomic E-state index is 5.79. The van der Waals surface area contributed by atoms with E-state index in [1.165, 1.54) is 16.4 Å². The third-order valence-electron chi connectivity index (χ3n) is 2.27. The van der Waals surface area contributed by atoms with Gasteiger partial charge in [-0.25, -0.2) is 0 Å².